The number of nitrogens with one attached hydrogen (secondary N) is 1. The zero-order valence-corrected chi connectivity index (χ0v) is 15.1. The van der Waals surface area contributed by atoms with Crippen LogP contribution in [-0.2, 0) is 9.53 Å². The molecule has 1 saturated heterocycles. The molecular formula is C20H22N2O5. The monoisotopic (exact) mass is 370 g/mol. The van der Waals surface area contributed by atoms with E-state index >= 15 is 0 Å². The lowest BCUT2D eigenvalue weighted by Crippen LogP contribution is -2.49. The summed E-state index contributed by atoms with van der Waals surface area (Å²) < 4.78 is 10.2. The normalized spacial score (nSPS) is 16.6. The van der Waals surface area contributed by atoms with E-state index in [0.29, 0.717) is 24.2 Å². The van der Waals surface area contributed by atoms with E-state index in [1.807, 2.05) is 0 Å². The molecule has 7 heteroatoms. The van der Waals surface area contributed by atoms with Gasteiger partial charge in [0, 0.05) is 12.2 Å². The van der Waals surface area contributed by atoms with Crippen LogP contribution < -0.4 is 5.32 Å². The third-order valence-corrected chi connectivity index (χ3v) is 4.44. The van der Waals surface area contributed by atoms with E-state index in [-0.39, 0.29) is 24.2 Å². The largest absolute Gasteiger partial charge is 0.462 e. The predicted octanol–water partition coefficient (Wildman–Crippen LogP) is 3.09. The Morgan fingerprint density at radius 3 is 2.81 bits per heavy atom. The number of carbonyl (C=O) groups is 3. The summed E-state index contributed by atoms with van der Waals surface area (Å²) in [4.78, 5) is 38.8. The van der Waals surface area contributed by atoms with Gasteiger partial charge < -0.3 is 19.4 Å². The Labute approximate surface area is 157 Å². The van der Waals surface area contributed by atoms with Crippen molar-refractivity contribution in [3.05, 3.63) is 54.0 Å². The van der Waals surface area contributed by atoms with Crippen molar-refractivity contribution in [1.29, 1.82) is 0 Å². The van der Waals surface area contributed by atoms with Crippen molar-refractivity contribution in [3.63, 3.8) is 0 Å². The minimum absolute atomic E-state index is 0.221. The molecule has 7 nitrogen and oxygen atoms in total. The highest BCUT2D eigenvalue weighted by Gasteiger charge is 2.33. The predicted molar refractivity (Wildman–Crippen MR) is 98.4 cm³/mol. The standard InChI is InChI=1S/C20H22N2O5/c1-2-26-20(25)14-7-5-8-15(13-14)21-18(23)16-9-3-4-11-22(16)19(24)17-10-6-12-27-17/h5-8,10,12-13,16H,2-4,9,11H2,1H3,(H,21,23). The van der Waals surface area contributed by atoms with Crippen LogP contribution >= 0.6 is 0 Å². The van der Waals surface area contributed by atoms with Crippen molar-refractivity contribution in [2.75, 3.05) is 18.5 Å². The average Bonchev–Trinajstić information content (AvgIpc) is 3.22. The Hall–Kier alpha value is -3.09. The summed E-state index contributed by atoms with van der Waals surface area (Å²) >= 11 is 0. The molecule has 1 unspecified atom stereocenters. The first-order valence-electron chi connectivity index (χ1n) is 9.02. The second kappa shape index (κ2) is 8.53. The number of nitrogens with zero attached hydrogens (tertiary/aromatic N) is 1. The van der Waals surface area contributed by atoms with Crippen LogP contribution in [0.15, 0.2) is 47.1 Å². The number of hydrogen-bond donors (Lipinski definition) is 1. The summed E-state index contributed by atoms with van der Waals surface area (Å²) in [5.41, 5.74) is 0.850. The Morgan fingerprint density at radius 2 is 2.07 bits per heavy atom. The SMILES string of the molecule is CCOC(=O)c1cccc(NC(=O)C2CCCCN2C(=O)c2ccco2)c1. The quantitative estimate of drug-likeness (QED) is 0.817. The van der Waals surface area contributed by atoms with E-state index in [2.05, 4.69) is 5.32 Å². The first-order valence-corrected chi connectivity index (χ1v) is 9.02. The molecule has 2 heterocycles. The van der Waals surface area contributed by atoms with Crippen LogP contribution in [0.25, 0.3) is 0 Å². The molecule has 1 fully saturated rings. The topological polar surface area (TPSA) is 88.9 Å². The highest BCUT2D eigenvalue weighted by molar-refractivity contribution is 6.01. The lowest BCUT2D eigenvalue weighted by atomic mass is 10.0. The zero-order chi connectivity index (χ0) is 19.2. The number of carbonyl (C=O) groups excluding carboxylic acids is 3. The number of rotatable bonds is 5. The number of furan rings is 1. The maximum Gasteiger partial charge on any atom is 0.338 e. The van der Waals surface area contributed by atoms with Gasteiger partial charge in [-0.15, -0.1) is 0 Å². The molecule has 142 valence electrons. The Bertz CT molecular complexity index is 816. The van der Waals surface area contributed by atoms with Crippen molar-refractivity contribution < 1.29 is 23.5 Å². The van der Waals surface area contributed by atoms with Gasteiger partial charge in [-0.25, -0.2) is 4.79 Å². The lowest BCUT2D eigenvalue weighted by molar-refractivity contribution is -0.121. The number of ether oxygens (including phenoxy) is 1. The molecule has 1 aromatic heterocycles. The third kappa shape index (κ3) is 4.36. The van der Waals surface area contributed by atoms with Gasteiger partial charge in [0.05, 0.1) is 18.4 Å². The van der Waals surface area contributed by atoms with Crippen LogP contribution in [0.1, 0.15) is 47.1 Å². The highest BCUT2D eigenvalue weighted by atomic mass is 16.5. The van der Waals surface area contributed by atoms with Crippen LogP contribution in [0.2, 0.25) is 0 Å². The molecule has 27 heavy (non-hydrogen) atoms. The van der Waals surface area contributed by atoms with Gasteiger partial charge >= 0.3 is 5.97 Å². The molecule has 0 bridgehead atoms. The van der Waals surface area contributed by atoms with Gasteiger partial charge in [0.15, 0.2) is 5.76 Å². The molecule has 2 amide bonds. The number of likely N-dealkylation sites (tertiary alicyclic amines) is 1. The fourth-order valence-electron chi connectivity index (χ4n) is 3.15. The molecule has 1 aliphatic rings. The number of hydrogen-bond acceptors (Lipinski definition) is 5. The molecular weight excluding hydrogens is 348 g/mol. The Kier molecular flexibility index (Phi) is 5.90. The summed E-state index contributed by atoms with van der Waals surface area (Å²) in [5, 5.41) is 2.81. The van der Waals surface area contributed by atoms with Crippen LogP contribution in [0.3, 0.4) is 0 Å². The van der Waals surface area contributed by atoms with Crippen molar-refractivity contribution >= 4 is 23.5 Å². The minimum Gasteiger partial charge on any atom is -0.462 e. The zero-order valence-electron chi connectivity index (χ0n) is 15.1. The second-order valence-corrected chi connectivity index (χ2v) is 6.28. The summed E-state index contributed by atoms with van der Waals surface area (Å²) in [7, 11) is 0. The molecule has 0 radical (unpaired) electrons. The number of amides is 2. The first-order chi connectivity index (χ1) is 13.1. The van der Waals surface area contributed by atoms with Crippen LogP contribution in [-0.4, -0.2) is 41.9 Å². The molecule has 1 aliphatic heterocycles. The van der Waals surface area contributed by atoms with Gasteiger partial charge in [-0.05, 0) is 56.5 Å². The molecule has 1 N–H and O–H groups in total. The Morgan fingerprint density at radius 1 is 1.22 bits per heavy atom. The van der Waals surface area contributed by atoms with Gasteiger partial charge in [0.25, 0.3) is 5.91 Å². The smallest absolute Gasteiger partial charge is 0.338 e. The van der Waals surface area contributed by atoms with Gasteiger partial charge in [-0.2, -0.15) is 0 Å². The van der Waals surface area contributed by atoms with Gasteiger partial charge in [0.1, 0.15) is 6.04 Å². The van der Waals surface area contributed by atoms with Crippen molar-refractivity contribution in [2.24, 2.45) is 0 Å². The van der Waals surface area contributed by atoms with Gasteiger partial charge in [-0.1, -0.05) is 6.07 Å². The molecule has 0 saturated carbocycles. The first kappa shape index (κ1) is 18.7. The van der Waals surface area contributed by atoms with Gasteiger partial charge in [0.2, 0.25) is 5.91 Å². The molecule has 3 rings (SSSR count). The van der Waals surface area contributed by atoms with Crippen molar-refractivity contribution in [1.82, 2.24) is 4.90 Å². The number of benzene rings is 1. The van der Waals surface area contributed by atoms with Crippen LogP contribution in [0, 0.1) is 0 Å². The van der Waals surface area contributed by atoms with E-state index in [9.17, 15) is 14.4 Å². The van der Waals surface area contributed by atoms with Crippen molar-refractivity contribution in [2.45, 2.75) is 32.2 Å². The summed E-state index contributed by atoms with van der Waals surface area (Å²) in [6.45, 7) is 2.51. The fourth-order valence-corrected chi connectivity index (χ4v) is 3.15. The highest BCUT2D eigenvalue weighted by Crippen LogP contribution is 2.22. The summed E-state index contributed by atoms with van der Waals surface area (Å²) in [6.07, 6.45) is 3.72. The average molecular weight is 370 g/mol. The Balaban J connectivity index is 1.73. The van der Waals surface area contributed by atoms with Gasteiger partial charge in [-0.3, -0.25) is 9.59 Å². The fraction of sp³-hybridized carbons (Fsp3) is 0.350. The van der Waals surface area contributed by atoms with E-state index < -0.39 is 12.0 Å². The molecule has 2 aromatic rings. The van der Waals surface area contributed by atoms with E-state index in [1.165, 1.54) is 6.26 Å². The third-order valence-electron chi connectivity index (χ3n) is 4.44. The van der Waals surface area contributed by atoms with Crippen LogP contribution in [0.4, 0.5) is 5.69 Å². The molecule has 0 spiro atoms. The second-order valence-electron chi connectivity index (χ2n) is 6.28. The maximum absolute atomic E-state index is 12.8. The van der Waals surface area contributed by atoms with Crippen LogP contribution in [0.5, 0.6) is 0 Å². The number of esters is 1. The summed E-state index contributed by atoms with van der Waals surface area (Å²) in [6, 6.07) is 9.22. The lowest BCUT2D eigenvalue weighted by Gasteiger charge is -2.34. The van der Waals surface area contributed by atoms with Crippen molar-refractivity contribution in [3.8, 4) is 0 Å². The summed E-state index contributed by atoms with van der Waals surface area (Å²) in [5.74, 6) is -0.796. The molecule has 1 atom stereocenters. The number of anilines is 1. The number of piperidine rings is 1. The van der Waals surface area contributed by atoms with E-state index in [1.54, 1.807) is 48.2 Å². The molecule has 0 aliphatic carbocycles. The maximum atomic E-state index is 12.8. The van der Waals surface area contributed by atoms with E-state index in [4.69, 9.17) is 9.15 Å². The molecule has 1 aromatic carbocycles. The minimum atomic E-state index is -0.581. The van der Waals surface area contributed by atoms with E-state index in [0.717, 1.165) is 12.8 Å².